The number of piperidine rings is 1. The van der Waals surface area contributed by atoms with E-state index >= 15 is 0 Å². The summed E-state index contributed by atoms with van der Waals surface area (Å²) in [6, 6.07) is 7.38. The molecule has 128 valence electrons. The molecule has 1 aromatic carbocycles. The van der Waals surface area contributed by atoms with E-state index in [1.807, 2.05) is 18.2 Å². The van der Waals surface area contributed by atoms with Crippen LogP contribution in [-0.2, 0) is 7.05 Å². The van der Waals surface area contributed by atoms with E-state index in [0.717, 1.165) is 12.8 Å². The Morgan fingerprint density at radius 3 is 2.83 bits per heavy atom. The van der Waals surface area contributed by atoms with Gasteiger partial charge in [0, 0.05) is 13.6 Å². The molecule has 1 atom stereocenters. The third-order valence-electron chi connectivity index (χ3n) is 4.28. The van der Waals surface area contributed by atoms with Crippen LogP contribution in [-0.4, -0.2) is 39.8 Å². The molecule has 0 saturated carbocycles. The Morgan fingerprint density at radius 2 is 2.17 bits per heavy atom. The van der Waals surface area contributed by atoms with Crippen molar-refractivity contribution in [3.05, 3.63) is 40.5 Å². The maximum atomic E-state index is 12.8. The third kappa shape index (κ3) is 3.19. The molecule has 2 N–H and O–H groups in total. The fraction of sp³-hybridized carbons (Fsp3) is 0.412. The molecule has 2 aromatic rings. The highest BCUT2D eigenvalue weighted by Gasteiger charge is 2.29. The van der Waals surface area contributed by atoms with Gasteiger partial charge in [0.25, 0.3) is 5.91 Å². The number of hydrogen-bond acceptors (Lipinski definition) is 4. The number of rotatable bonds is 3. The molecule has 24 heavy (non-hydrogen) atoms. The first-order chi connectivity index (χ1) is 11.5. The Balaban J connectivity index is 1.73. The number of nitrogens with two attached hydrogens (primary N) is 1. The molecular formula is C17H21ClN4O2. The highest BCUT2D eigenvalue weighted by atomic mass is 35.5. The van der Waals surface area contributed by atoms with Crippen molar-refractivity contribution in [1.29, 1.82) is 0 Å². The molecule has 0 spiro atoms. The Kier molecular flexibility index (Phi) is 4.66. The predicted octanol–water partition coefficient (Wildman–Crippen LogP) is 2.65. The highest BCUT2D eigenvalue weighted by molar-refractivity contribution is 6.32. The van der Waals surface area contributed by atoms with Gasteiger partial charge in [-0.25, -0.2) is 0 Å². The second-order valence-electron chi connectivity index (χ2n) is 6.03. The molecule has 3 rings (SSSR count). The van der Waals surface area contributed by atoms with Crippen molar-refractivity contribution in [2.75, 3.05) is 18.8 Å². The van der Waals surface area contributed by atoms with Crippen molar-refractivity contribution in [3.63, 3.8) is 0 Å². The Hall–Kier alpha value is -2.21. The van der Waals surface area contributed by atoms with Crippen molar-refractivity contribution in [2.24, 2.45) is 7.05 Å². The van der Waals surface area contributed by atoms with Crippen LogP contribution in [0.15, 0.2) is 24.3 Å². The van der Waals surface area contributed by atoms with E-state index in [1.54, 1.807) is 24.9 Å². The minimum absolute atomic E-state index is 0.0826. The minimum atomic E-state index is -0.0921. The summed E-state index contributed by atoms with van der Waals surface area (Å²) >= 11 is 6.15. The lowest BCUT2D eigenvalue weighted by Crippen LogP contribution is -2.44. The van der Waals surface area contributed by atoms with E-state index in [-0.39, 0.29) is 12.0 Å². The van der Waals surface area contributed by atoms with Gasteiger partial charge in [-0.1, -0.05) is 23.7 Å². The van der Waals surface area contributed by atoms with Crippen LogP contribution in [0.25, 0.3) is 0 Å². The van der Waals surface area contributed by atoms with Crippen molar-refractivity contribution in [3.8, 4) is 5.75 Å². The van der Waals surface area contributed by atoms with Gasteiger partial charge in [0.2, 0.25) is 0 Å². The lowest BCUT2D eigenvalue weighted by atomic mass is 10.1. The number of nitrogen functional groups attached to an aromatic ring is 1. The lowest BCUT2D eigenvalue weighted by Gasteiger charge is -2.33. The van der Waals surface area contributed by atoms with Crippen LogP contribution in [0, 0.1) is 6.92 Å². The summed E-state index contributed by atoms with van der Waals surface area (Å²) in [7, 11) is 1.73. The van der Waals surface area contributed by atoms with Gasteiger partial charge in [0.15, 0.2) is 0 Å². The molecule has 1 amide bonds. The average Bonchev–Trinajstić information content (AvgIpc) is 2.82. The van der Waals surface area contributed by atoms with Crippen molar-refractivity contribution in [1.82, 2.24) is 14.7 Å². The zero-order valence-corrected chi connectivity index (χ0v) is 14.6. The Labute approximate surface area is 146 Å². The first-order valence-electron chi connectivity index (χ1n) is 7.97. The van der Waals surface area contributed by atoms with Gasteiger partial charge in [-0.15, -0.1) is 0 Å². The molecule has 0 radical (unpaired) electrons. The standard InChI is InChI=1S/C17H21ClN4O2/c1-11-15(16(19)21(2)20-11)17(23)22-9-5-6-12(10-22)24-14-8-4-3-7-13(14)18/h3-4,7-8,12H,5-6,9-10,19H2,1-2H3. The molecule has 2 heterocycles. The number of carbonyl (C=O) groups excluding carboxylic acids is 1. The molecule has 0 bridgehead atoms. The fourth-order valence-corrected chi connectivity index (χ4v) is 3.22. The second-order valence-corrected chi connectivity index (χ2v) is 6.44. The summed E-state index contributed by atoms with van der Waals surface area (Å²) in [5, 5.41) is 4.80. The van der Waals surface area contributed by atoms with E-state index in [1.165, 1.54) is 4.68 Å². The molecule has 1 aromatic heterocycles. The molecule has 1 unspecified atom stereocenters. The first-order valence-corrected chi connectivity index (χ1v) is 8.34. The molecule has 0 aliphatic carbocycles. The average molecular weight is 349 g/mol. The number of carbonyl (C=O) groups is 1. The Bertz CT molecular complexity index is 759. The maximum absolute atomic E-state index is 12.8. The maximum Gasteiger partial charge on any atom is 0.259 e. The number of aromatic nitrogens is 2. The van der Waals surface area contributed by atoms with Crippen LogP contribution in [0.5, 0.6) is 5.75 Å². The number of amides is 1. The van der Waals surface area contributed by atoms with Gasteiger partial charge in [0.1, 0.15) is 23.2 Å². The summed E-state index contributed by atoms with van der Waals surface area (Å²) in [4.78, 5) is 14.6. The smallest absolute Gasteiger partial charge is 0.259 e. The summed E-state index contributed by atoms with van der Waals surface area (Å²) in [5.41, 5.74) is 7.12. The predicted molar refractivity (Wildman–Crippen MR) is 93.4 cm³/mol. The number of nitrogens with zero attached hydrogens (tertiary/aromatic N) is 3. The summed E-state index contributed by atoms with van der Waals surface area (Å²) < 4.78 is 7.52. The normalized spacial score (nSPS) is 17.8. The van der Waals surface area contributed by atoms with Crippen LogP contribution >= 0.6 is 11.6 Å². The van der Waals surface area contributed by atoms with E-state index in [0.29, 0.717) is 40.9 Å². The van der Waals surface area contributed by atoms with Gasteiger partial charge < -0.3 is 15.4 Å². The van der Waals surface area contributed by atoms with Crippen LogP contribution in [0.2, 0.25) is 5.02 Å². The number of aryl methyl sites for hydroxylation is 2. The molecule has 1 fully saturated rings. The van der Waals surface area contributed by atoms with Crippen LogP contribution in [0.1, 0.15) is 28.9 Å². The topological polar surface area (TPSA) is 73.4 Å². The van der Waals surface area contributed by atoms with E-state index in [4.69, 9.17) is 22.1 Å². The fourth-order valence-electron chi connectivity index (χ4n) is 3.04. The number of benzene rings is 1. The van der Waals surface area contributed by atoms with E-state index in [9.17, 15) is 4.79 Å². The SMILES string of the molecule is Cc1nn(C)c(N)c1C(=O)N1CCCC(Oc2ccccc2Cl)C1. The number of para-hydroxylation sites is 1. The van der Waals surface area contributed by atoms with Crippen molar-refractivity contribution in [2.45, 2.75) is 25.9 Å². The quantitative estimate of drug-likeness (QED) is 0.925. The number of hydrogen-bond donors (Lipinski definition) is 1. The van der Waals surface area contributed by atoms with Gasteiger partial charge in [-0.05, 0) is 31.9 Å². The molecule has 1 saturated heterocycles. The monoisotopic (exact) mass is 348 g/mol. The van der Waals surface area contributed by atoms with Crippen LogP contribution in [0.4, 0.5) is 5.82 Å². The Morgan fingerprint density at radius 1 is 1.42 bits per heavy atom. The minimum Gasteiger partial charge on any atom is -0.487 e. The number of likely N-dealkylation sites (tertiary alicyclic amines) is 1. The lowest BCUT2D eigenvalue weighted by molar-refractivity contribution is 0.0538. The molecule has 1 aliphatic rings. The largest absolute Gasteiger partial charge is 0.487 e. The van der Waals surface area contributed by atoms with Crippen LogP contribution in [0.3, 0.4) is 0 Å². The van der Waals surface area contributed by atoms with Gasteiger partial charge in [-0.2, -0.15) is 5.10 Å². The van der Waals surface area contributed by atoms with Gasteiger partial charge in [-0.3, -0.25) is 9.48 Å². The highest BCUT2D eigenvalue weighted by Crippen LogP contribution is 2.27. The summed E-state index contributed by atoms with van der Waals surface area (Å²) in [5.74, 6) is 0.952. The second kappa shape index (κ2) is 6.73. The van der Waals surface area contributed by atoms with Crippen molar-refractivity contribution < 1.29 is 9.53 Å². The zero-order chi connectivity index (χ0) is 17.3. The molecule has 1 aliphatic heterocycles. The van der Waals surface area contributed by atoms with Crippen LogP contribution < -0.4 is 10.5 Å². The molecular weight excluding hydrogens is 328 g/mol. The first kappa shape index (κ1) is 16.6. The number of ether oxygens (including phenoxy) is 1. The third-order valence-corrected chi connectivity index (χ3v) is 4.59. The summed E-state index contributed by atoms with van der Waals surface area (Å²) in [6.07, 6.45) is 1.68. The number of anilines is 1. The van der Waals surface area contributed by atoms with E-state index in [2.05, 4.69) is 5.10 Å². The van der Waals surface area contributed by atoms with E-state index < -0.39 is 0 Å². The zero-order valence-electron chi connectivity index (χ0n) is 13.8. The molecule has 6 nitrogen and oxygen atoms in total. The number of halogens is 1. The summed E-state index contributed by atoms with van der Waals surface area (Å²) in [6.45, 7) is 3.00. The van der Waals surface area contributed by atoms with Gasteiger partial charge in [0.05, 0.1) is 17.3 Å². The molecule has 7 heteroatoms. The van der Waals surface area contributed by atoms with Crippen molar-refractivity contribution >= 4 is 23.3 Å². The van der Waals surface area contributed by atoms with Gasteiger partial charge >= 0.3 is 0 Å².